The van der Waals surface area contributed by atoms with Crippen molar-refractivity contribution in [2.24, 2.45) is 0 Å². The van der Waals surface area contributed by atoms with Crippen LogP contribution in [0.3, 0.4) is 0 Å². The van der Waals surface area contributed by atoms with Gasteiger partial charge in [0.05, 0.1) is 5.52 Å². The van der Waals surface area contributed by atoms with Gasteiger partial charge in [0.2, 0.25) is 0 Å². The second kappa shape index (κ2) is 10.6. The maximum absolute atomic E-state index is 13.2. The van der Waals surface area contributed by atoms with Gasteiger partial charge in [0.1, 0.15) is 5.70 Å². The summed E-state index contributed by atoms with van der Waals surface area (Å²) >= 11 is 0. The molecular weight excluding hydrogens is 476 g/mol. The van der Waals surface area contributed by atoms with Gasteiger partial charge < -0.3 is 10.6 Å². The number of para-hydroxylation sites is 1. The number of hydrogen-bond acceptors (Lipinski definition) is 4. The number of carbonyl (C=O) groups is 2. The molecule has 4 rings (SSSR count). The first-order chi connectivity index (χ1) is 17.3. The predicted molar refractivity (Wildman–Crippen MR) is 140 cm³/mol. The van der Waals surface area contributed by atoms with Crippen molar-refractivity contribution in [3.63, 3.8) is 0 Å². The molecule has 0 radical (unpaired) electrons. The Kier molecular flexibility index (Phi) is 7.33. The summed E-state index contributed by atoms with van der Waals surface area (Å²) in [6.07, 6.45) is 2.93. The van der Waals surface area contributed by atoms with Gasteiger partial charge in [-0.05, 0) is 29.8 Å². The molecule has 0 bridgehead atoms. The van der Waals surface area contributed by atoms with E-state index in [2.05, 4.69) is 10.6 Å². The van der Waals surface area contributed by atoms with Crippen LogP contribution in [0.2, 0.25) is 0 Å². The summed E-state index contributed by atoms with van der Waals surface area (Å²) < 4.78 is 28.1. The highest BCUT2D eigenvalue weighted by Gasteiger charge is 2.22. The molecule has 0 fully saturated rings. The zero-order chi connectivity index (χ0) is 25.7. The summed E-state index contributed by atoms with van der Waals surface area (Å²) in [6.45, 7) is 0.259. The number of carbonyl (C=O) groups excluding carboxylic acids is 2. The molecule has 2 N–H and O–H groups in total. The summed E-state index contributed by atoms with van der Waals surface area (Å²) in [5.74, 6) is -0.961. The Bertz CT molecular complexity index is 1530. The molecule has 2 amide bonds. The zero-order valence-electron chi connectivity index (χ0n) is 19.9. The van der Waals surface area contributed by atoms with Crippen molar-refractivity contribution in [3.05, 3.63) is 114 Å². The molecule has 0 aliphatic carbocycles. The quantitative estimate of drug-likeness (QED) is 0.361. The predicted octanol–water partition coefficient (Wildman–Crippen LogP) is 3.38. The van der Waals surface area contributed by atoms with Gasteiger partial charge in [0.25, 0.3) is 11.8 Å². The molecule has 0 spiro atoms. The van der Waals surface area contributed by atoms with E-state index in [0.29, 0.717) is 22.0 Å². The maximum Gasteiger partial charge on any atom is 0.307 e. The molecule has 8 nitrogen and oxygen atoms in total. The summed E-state index contributed by atoms with van der Waals surface area (Å²) in [6, 6.07) is 24.9. The highest BCUT2D eigenvalue weighted by Crippen LogP contribution is 2.25. The molecule has 3 aromatic carbocycles. The van der Waals surface area contributed by atoms with Crippen molar-refractivity contribution in [3.8, 4) is 0 Å². The lowest BCUT2D eigenvalue weighted by Crippen LogP contribution is -2.34. The van der Waals surface area contributed by atoms with Crippen LogP contribution in [-0.2, 0) is 21.5 Å². The molecule has 0 atom stereocenters. The number of hydrogen-bond donors (Lipinski definition) is 2. The Morgan fingerprint density at radius 1 is 0.889 bits per heavy atom. The number of amides is 2. The van der Waals surface area contributed by atoms with Crippen LogP contribution in [0.5, 0.6) is 0 Å². The van der Waals surface area contributed by atoms with Gasteiger partial charge in [-0.3, -0.25) is 9.59 Å². The smallest absolute Gasteiger partial charge is 0.307 e. The molecule has 0 aliphatic rings. The number of rotatable bonds is 8. The fourth-order valence-electron chi connectivity index (χ4n) is 3.63. The Labute approximate surface area is 210 Å². The lowest BCUT2D eigenvalue weighted by atomic mass is 10.1. The van der Waals surface area contributed by atoms with Crippen molar-refractivity contribution < 1.29 is 18.0 Å². The summed E-state index contributed by atoms with van der Waals surface area (Å²) in [4.78, 5) is 26.1. The summed E-state index contributed by atoms with van der Waals surface area (Å²) in [5.41, 5.74) is 2.19. The minimum atomic E-state index is -3.82. The second-order valence-corrected chi connectivity index (χ2v) is 10.3. The monoisotopic (exact) mass is 502 g/mol. The lowest BCUT2D eigenvalue weighted by molar-refractivity contribution is -0.117. The Morgan fingerprint density at radius 2 is 1.50 bits per heavy atom. The van der Waals surface area contributed by atoms with Crippen LogP contribution in [0, 0.1) is 0 Å². The van der Waals surface area contributed by atoms with E-state index < -0.39 is 22.0 Å². The van der Waals surface area contributed by atoms with Crippen LogP contribution in [0.1, 0.15) is 21.5 Å². The Hall–Kier alpha value is -4.21. The van der Waals surface area contributed by atoms with E-state index >= 15 is 0 Å². The molecule has 0 saturated heterocycles. The molecule has 0 unspecified atom stereocenters. The zero-order valence-corrected chi connectivity index (χ0v) is 20.7. The molecule has 36 heavy (non-hydrogen) atoms. The average Bonchev–Trinajstić information content (AvgIpc) is 3.27. The number of nitrogens with zero attached hydrogens (tertiary/aromatic N) is 2. The van der Waals surface area contributed by atoms with E-state index in [9.17, 15) is 18.0 Å². The van der Waals surface area contributed by atoms with Gasteiger partial charge in [0.15, 0.2) is 0 Å². The van der Waals surface area contributed by atoms with Gasteiger partial charge in [-0.2, -0.15) is 12.7 Å². The number of aromatic nitrogens is 1. The molecule has 0 saturated carbocycles. The average molecular weight is 503 g/mol. The number of benzene rings is 3. The van der Waals surface area contributed by atoms with Gasteiger partial charge in [-0.15, -0.1) is 0 Å². The lowest BCUT2D eigenvalue weighted by Gasteiger charge is -2.13. The summed E-state index contributed by atoms with van der Waals surface area (Å²) in [7, 11) is -0.925. The Balaban J connectivity index is 1.75. The fraction of sp³-hybridized carbons (Fsp3) is 0.111. The second-order valence-electron chi connectivity index (χ2n) is 8.23. The standard InChI is InChI=1S/C27H26N4O4S/c1-30(2)36(34,35)31-19-22(23-15-9-10-16-25(23)31)17-24(29-26(32)21-13-7-4-8-14-21)27(33)28-18-20-11-5-3-6-12-20/h3-17,19H,18H2,1-2H3,(H,28,33)(H,29,32)/b24-17-. The van der Waals surface area contributed by atoms with Crippen molar-refractivity contribution >= 4 is 39.0 Å². The van der Waals surface area contributed by atoms with Crippen LogP contribution >= 0.6 is 0 Å². The molecule has 0 aliphatic heterocycles. The molecular formula is C27H26N4O4S. The SMILES string of the molecule is CN(C)S(=O)(=O)n1cc(/C=C(\NC(=O)c2ccccc2)C(=O)NCc2ccccc2)c2ccccc21. The van der Waals surface area contributed by atoms with Crippen LogP contribution in [0.25, 0.3) is 17.0 Å². The molecule has 4 aromatic rings. The van der Waals surface area contributed by atoms with E-state index in [1.165, 1.54) is 26.4 Å². The van der Waals surface area contributed by atoms with Crippen LogP contribution in [0.4, 0.5) is 0 Å². The topological polar surface area (TPSA) is 101 Å². The van der Waals surface area contributed by atoms with Crippen molar-refractivity contribution in [1.29, 1.82) is 0 Å². The van der Waals surface area contributed by atoms with Crippen molar-refractivity contribution in [2.75, 3.05) is 14.1 Å². The molecule has 9 heteroatoms. The Morgan fingerprint density at radius 3 is 2.17 bits per heavy atom. The minimum absolute atomic E-state index is 0.00932. The molecule has 1 aromatic heterocycles. The van der Waals surface area contributed by atoms with Crippen LogP contribution < -0.4 is 10.6 Å². The highest BCUT2D eigenvalue weighted by molar-refractivity contribution is 7.87. The first kappa shape index (κ1) is 24.9. The van der Waals surface area contributed by atoms with Gasteiger partial charge >= 0.3 is 10.2 Å². The fourth-order valence-corrected chi connectivity index (χ4v) is 4.63. The number of fused-ring (bicyclic) bond motifs is 1. The number of nitrogens with one attached hydrogen (secondary N) is 2. The van der Waals surface area contributed by atoms with Gasteiger partial charge in [-0.1, -0.05) is 66.7 Å². The first-order valence-corrected chi connectivity index (χ1v) is 12.6. The third-order valence-corrected chi connectivity index (χ3v) is 7.27. The van der Waals surface area contributed by atoms with Gasteiger partial charge in [0, 0.05) is 43.4 Å². The van der Waals surface area contributed by atoms with E-state index in [-0.39, 0.29) is 12.2 Å². The highest BCUT2D eigenvalue weighted by atomic mass is 32.2. The van der Waals surface area contributed by atoms with Crippen molar-refractivity contribution in [1.82, 2.24) is 18.9 Å². The van der Waals surface area contributed by atoms with E-state index in [4.69, 9.17) is 0 Å². The molecule has 1 heterocycles. The van der Waals surface area contributed by atoms with E-state index in [0.717, 1.165) is 13.8 Å². The minimum Gasteiger partial charge on any atom is -0.347 e. The van der Waals surface area contributed by atoms with E-state index in [1.807, 2.05) is 30.3 Å². The summed E-state index contributed by atoms with van der Waals surface area (Å²) in [5, 5.41) is 6.13. The van der Waals surface area contributed by atoms with Gasteiger partial charge in [-0.25, -0.2) is 3.97 Å². The third kappa shape index (κ3) is 5.37. The van der Waals surface area contributed by atoms with Crippen LogP contribution in [0.15, 0.2) is 96.8 Å². The third-order valence-electron chi connectivity index (χ3n) is 5.54. The van der Waals surface area contributed by atoms with Crippen molar-refractivity contribution in [2.45, 2.75) is 6.54 Å². The maximum atomic E-state index is 13.2. The van der Waals surface area contributed by atoms with E-state index in [1.54, 1.807) is 54.6 Å². The normalized spacial score (nSPS) is 12.0. The van der Waals surface area contributed by atoms with Crippen LogP contribution in [-0.4, -0.2) is 42.6 Å². The molecule has 184 valence electrons. The largest absolute Gasteiger partial charge is 0.347 e. The first-order valence-electron chi connectivity index (χ1n) is 11.2.